The molecule has 2 amide bonds. The summed E-state index contributed by atoms with van der Waals surface area (Å²) in [5.41, 5.74) is 14.6. The molecular formula is C29H27N7O5S2. The normalized spacial score (nSPS) is 16.4. The Kier molecular flexibility index (Phi) is 8.65. The second-order valence-electron chi connectivity index (χ2n) is 9.53. The zero-order chi connectivity index (χ0) is 30.7. The van der Waals surface area contributed by atoms with Crippen molar-refractivity contribution in [1.29, 1.82) is 5.26 Å². The van der Waals surface area contributed by atoms with E-state index in [4.69, 9.17) is 20.9 Å². The molecule has 1 aliphatic heterocycles. The molecule has 1 aliphatic carbocycles. The number of nitrogens with one attached hydrogen (secondary N) is 1. The number of nitrogens with two attached hydrogens (primary N) is 2. The Morgan fingerprint density at radius 3 is 2.65 bits per heavy atom. The third-order valence-electron chi connectivity index (χ3n) is 7.03. The predicted octanol–water partition coefficient (Wildman–Crippen LogP) is 3.69. The summed E-state index contributed by atoms with van der Waals surface area (Å²) in [7, 11) is 3.05. The Morgan fingerprint density at radius 2 is 1.93 bits per heavy atom. The van der Waals surface area contributed by atoms with Gasteiger partial charge in [-0.3, -0.25) is 19.3 Å². The largest absolute Gasteiger partial charge is 0.493 e. The van der Waals surface area contributed by atoms with E-state index in [0.717, 1.165) is 11.8 Å². The van der Waals surface area contributed by atoms with Crippen molar-refractivity contribution in [3.8, 4) is 17.6 Å². The Labute approximate surface area is 255 Å². The van der Waals surface area contributed by atoms with E-state index < -0.39 is 11.8 Å². The van der Waals surface area contributed by atoms with Crippen LogP contribution in [0.1, 0.15) is 41.1 Å². The molecule has 0 radical (unpaired) electrons. The Hall–Kier alpha value is -4.87. The number of hydrogen-bond donors (Lipinski definition) is 3. The quantitative estimate of drug-likeness (QED) is 0.297. The van der Waals surface area contributed by atoms with Crippen LogP contribution in [-0.2, 0) is 9.59 Å². The first kappa shape index (κ1) is 29.6. The molecule has 0 fully saturated rings. The molecular weight excluding hydrogens is 590 g/mol. The van der Waals surface area contributed by atoms with E-state index in [-0.39, 0.29) is 34.4 Å². The monoisotopic (exact) mass is 617 g/mol. The number of para-hydroxylation sites is 1. The molecule has 2 aliphatic rings. The molecule has 2 aromatic carbocycles. The van der Waals surface area contributed by atoms with Crippen LogP contribution >= 0.6 is 23.1 Å². The fourth-order valence-electron chi connectivity index (χ4n) is 5.14. The van der Waals surface area contributed by atoms with Crippen molar-refractivity contribution in [1.82, 2.24) is 10.2 Å². The molecule has 14 heteroatoms. The smallest absolute Gasteiger partial charge is 0.250 e. The number of amides is 2. The molecule has 43 heavy (non-hydrogen) atoms. The van der Waals surface area contributed by atoms with Crippen LogP contribution in [0.3, 0.4) is 0 Å². The molecule has 5 rings (SSSR count). The summed E-state index contributed by atoms with van der Waals surface area (Å²) >= 11 is 2.33. The van der Waals surface area contributed by atoms with Gasteiger partial charge in [0.15, 0.2) is 21.6 Å². The van der Waals surface area contributed by atoms with Crippen LogP contribution in [0.2, 0.25) is 0 Å². The second-order valence-corrected chi connectivity index (χ2v) is 11.7. The zero-order valence-corrected chi connectivity index (χ0v) is 24.9. The van der Waals surface area contributed by atoms with Crippen molar-refractivity contribution in [3.05, 3.63) is 76.3 Å². The van der Waals surface area contributed by atoms with Crippen LogP contribution in [0.25, 0.3) is 0 Å². The molecule has 0 saturated carbocycles. The SMILES string of the molecule is COc1ccc(C2C(C#N)=C(N)N(c3nnc(SCC(=O)Nc4ccccc4C(N)=O)s3)C3=C2C(=O)CCC3)cc1OC. The maximum Gasteiger partial charge on any atom is 0.250 e. The molecule has 0 bridgehead atoms. The van der Waals surface area contributed by atoms with Crippen molar-refractivity contribution >= 4 is 51.5 Å². The number of ether oxygens (including phenoxy) is 2. The number of hydrogen-bond acceptors (Lipinski definition) is 12. The zero-order valence-electron chi connectivity index (χ0n) is 23.2. The number of methoxy groups -OCH3 is 2. The summed E-state index contributed by atoms with van der Waals surface area (Å²) in [5, 5.41) is 21.8. The topological polar surface area (TPSA) is 187 Å². The van der Waals surface area contributed by atoms with E-state index in [1.807, 2.05) is 0 Å². The van der Waals surface area contributed by atoms with Crippen molar-refractivity contribution in [2.45, 2.75) is 29.5 Å². The second kappa shape index (κ2) is 12.6. The number of thioether (sulfide) groups is 1. The Bertz CT molecular complexity index is 1730. The number of carbonyl (C=O) groups is 3. The highest BCUT2D eigenvalue weighted by molar-refractivity contribution is 8.01. The van der Waals surface area contributed by atoms with Gasteiger partial charge in [-0.1, -0.05) is 41.3 Å². The fraction of sp³-hybridized carbons (Fsp3) is 0.241. The van der Waals surface area contributed by atoms with Gasteiger partial charge < -0.3 is 26.3 Å². The number of Topliss-reactive ketones (excluding diaryl/α,β-unsaturated/α-hetero) is 1. The lowest BCUT2D eigenvalue weighted by Gasteiger charge is -2.38. The highest BCUT2D eigenvalue weighted by Gasteiger charge is 2.41. The highest BCUT2D eigenvalue weighted by atomic mass is 32.2. The van der Waals surface area contributed by atoms with Gasteiger partial charge in [0, 0.05) is 17.7 Å². The molecule has 1 atom stereocenters. The summed E-state index contributed by atoms with van der Waals surface area (Å²) in [5.74, 6) is -0.626. The first-order valence-electron chi connectivity index (χ1n) is 13.1. The summed E-state index contributed by atoms with van der Waals surface area (Å²) in [4.78, 5) is 39.3. The molecule has 12 nitrogen and oxygen atoms in total. The lowest BCUT2D eigenvalue weighted by molar-refractivity contribution is -0.116. The molecule has 3 aromatic rings. The van der Waals surface area contributed by atoms with E-state index in [2.05, 4.69) is 21.6 Å². The van der Waals surface area contributed by atoms with Crippen LogP contribution in [-0.4, -0.2) is 47.8 Å². The van der Waals surface area contributed by atoms with Gasteiger partial charge in [0.25, 0.3) is 5.91 Å². The first-order valence-corrected chi connectivity index (χ1v) is 14.9. The van der Waals surface area contributed by atoms with Gasteiger partial charge in [-0.2, -0.15) is 5.26 Å². The van der Waals surface area contributed by atoms with Crippen LogP contribution in [0, 0.1) is 11.3 Å². The maximum atomic E-state index is 13.4. The molecule has 0 spiro atoms. The van der Waals surface area contributed by atoms with Gasteiger partial charge in [-0.25, -0.2) is 0 Å². The number of allylic oxidation sites excluding steroid dienone is 3. The van der Waals surface area contributed by atoms with E-state index >= 15 is 0 Å². The van der Waals surface area contributed by atoms with E-state index in [0.29, 0.717) is 62.8 Å². The summed E-state index contributed by atoms with van der Waals surface area (Å²) in [6, 6.07) is 14.0. The van der Waals surface area contributed by atoms with Gasteiger partial charge in [-0.05, 0) is 42.7 Å². The lowest BCUT2D eigenvalue weighted by Crippen LogP contribution is -2.38. The van der Waals surface area contributed by atoms with Gasteiger partial charge in [0.05, 0.1) is 48.8 Å². The summed E-state index contributed by atoms with van der Waals surface area (Å²) < 4.78 is 11.3. The minimum absolute atomic E-state index is 0.00962. The van der Waals surface area contributed by atoms with E-state index in [9.17, 15) is 19.6 Å². The fourth-order valence-corrected chi connectivity index (χ4v) is 6.82. The number of benzene rings is 2. The number of rotatable bonds is 9. The van der Waals surface area contributed by atoms with Gasteiger partial charge in [0.2, 0.25) is 11.0 Å². The molecule has 2 heterocycles. The molecule has 1 unspecified atom stereocenters. The lowest BCUT2D eigenvalue weighted by atomic mass is 9.75. The molecule has 0 saturated heterocycles. The predicted molar refractivity (Wildman–Crippen MR) is 162 cm³/mol. The summed E-state index contributed by atoms with van der Waals surface area (Å²) in [6.45, 7) is 0. The van der Waals surface area contributed by atoms with Gasteiger partial charge >= 0.3 is 0 Å². The number of nitrogens with zero attached hydrogens (tertiary/aromatic N) is 4. The van der Waals surface area contributed by atoms with Gasteiger partial charge in [0.1, 0.15) is 5.82 Å². The minimum atomic E-state index is -0.683. The standard InChI is InChI=1S/C29H27N7O5S2/c1-40-21-11-10-15(12-22(21)41-2)24-17(13-30)26(31)36(19-8-5-9-20(37)25(19)24)28-34-35-29(43-28)42-14-23(38)33-18-7-4-3-6-16(18)27(32)39/h3-4,6-7,10-12,24H,5,8-9,14,31H2,1-2H3,(H2,32,39)(H,33,38). The average Bonchev–Trinajstić information content (AvgIpc) is 3.47. The van der Waals surface area contributed by atoms with E-state index in [1.54, 1.807) is 41.3 Å². The molecule has 220 valence electrons. The van der Waals surface area contributed by atoms with Crippen LogP contribution in [0.15, 0.2) is 69.5 Å². The third-order valence-corrected chi connectivity index (χ3v) is 9.08. The van der Waals surface area contributed by atoms with Crippen molar-refractivity contribution in [3.63, 3.8) is 0 Å². The number of anilines is 2. The third kappa shape index (κ3) is 5.77. The van der Waals surface area contributed by atoms with Crippen molar-refractivity contribution < 1.29 is 23.9 Å². The minimum Gasteiger partial charge on any atom is -0.493 e. The maximum absolute atomic E-state index is 13.4. The van der Waals surface area contributed by atoms with Gasteiger partial charge in [-0.15, -0.1) is 10.2 Å². The van der Waals surface area contributed by atoms with Crippen LogP contribution in [0.5, 0.6) is 11.5 Å². The number of nitriles is 1. The Balaban J connectivity index is 1.43. The summed E-state index contributed by atoms with van der Waals surface area (Å²) in [6.07, 6.45) is 1.52. The number of primary amides is 1. The number of carbonyl (C=O) groups excluding carboxylic acids is 3. The van der Waals surface area contributed by atoms with E-state index in [1.165, 1.54) is 31.6 Å². The number of aromatic nitrogens is 2. The molecule has 5 N–H and O–H groups in total. The van der Waals surface area contributed by atoms with Crippen LogP contribution in [0.4, 0.5) is 10.8 Å². The Morgan fingerprint density at radius 1 is 1.16 bits per heavy atom. The van der Waals surface area contributed by atoms with Crippen molar-refractivity contribution in [2.75, 3.05) is 30.2 Å². The number of ketones is 1. The first-order chi connectivity index (χ1) is 20.8. The highest BCUT2D eigenvalue weighted by Crippen LogP contribution is 2.48. The van der Waals surface area contributed by atoms with Crippen molar-refractivity contribution in [2.24, 2.45) is 11.5 Å². The average molecular weight is 618 g/mol. The molecule has 1 aromatic heterocycles. The van der Waals surface area contributed by atoms with Crippen LogP contribution < -0.4 is 31.2 Å².